The lowest BCUT2D eigenvalue weighted by Gasteiger charge is -2.34. The Labute approximate surface area is 263 Å². The molecule has 0 spiro atoms. The molecular formula is C29H29Cl3F3N3O4S. The smallest absolute Gasteiger partial charge is 0.352 e. The van der Waals surface area contributed by atoms with E-state index in [1.165, 1.54) is 12.1 Å². The summed E-state index contributed by atoms with van der Waals surface area (Å²) < 4.78 is 66.8. The molecule has 0 saturated heterocycles. The quantitative estimate of drug-likeness (QED) is 0.248. The summed E-state index contributed by atoms with van der Waals surface area (Å²) in [5, 5.41) is 2.98. The van der Waals surface area contributed by atoms with Crippen molar-refractivity contribution in [1.82, 2.24) is 10.2 Å². The highest BCUT2D eigenvalue weighted by atomic mass is 35.5. The van der Waals surface area contributed by atoms with Crippen molar-refractivity contribution < 1.29 is 31.2 Å². The lowest BCUT2D eigenvalue weighted by atomic mass is 10.0. The highest BCUT2D eigenvalue weighted by Crippen LogP contribution is 2.36. The van der Waals surface area contributed by atoms with Crippen LogP contribution in [0, 0.1) is 0 Å². The van der Waals surface area contributed by atoms with Gasteiger partial charge in [0.05, 0.1) is 22.5 Å². The molecule has 232 valence electrons. The summed E-state index contributed by atoms with van der Waals surface area (Å²) in [6, 6.07) is 14.1. The first-order valence-electron chi connectivity index (χ1n) is 12.9. The lowest BCUT2D eigenvalue weighted by Crippen LogP contribution is -2.54. The van der Waals surface area contributed by atoms with Crippen LogP contribution < -0.4 is 9.62 Å². The van der Waals surface area contributed by atoms with Crippen molar-refractivity contribution in [2.75, 3.05) is 17.1 Å². The number of amides is 2. The van der Waals surface area contributed by atoms with Crippen LogP contribution in [0.5, 0.6) is 0 Å². The Morgan fingerprint density at radius 2 is 1.58 bits per heavy atom. The van der Waals surface area contributed by atoms with E-state index < -0.39 is 51.9 Å². The van der Waals surface area contributed by atoms with Gasteiger partial charge in [0.1, 0.15) is 12.6 Å². The van der Waals surface area contributed by atoms with Crippen LogP contribution in [-0.2, 0) is 38.8 Å². The largest absolute Gasteiger partial charge is 0.416 e. The Hall–Kier alpha value is -2.99. The molecule has 0 fully saturated rings. The molecule has 3 rings (SSSR count). The van der Waals surface area contributed by atoms with E-state index in [2.05, 4.69) is 5.32 Å². The third-order valence-electron chi connectivity index (χ3n) is 6.28. The number of carbonyl (C=O) groups is 2. The second-order valence-electron chi connectivity index (χ2n) is 10.1. The summed E-state index contributed by atoms with van der Waals surface area (Å²) in [4.78, 5) is 28.8. The fourth-order valence-corrected chi connectivity index (χ4v) is 5.83. The van der Waals surface area contributed by atoms with Crippen LogP contribution in [-0.4, -0.2) is 50.0 Å². The van der Waals surface area contributed by atoms with Crippen LogP contribution in [0.4, 0.5) is 18.9 Å². The number of halogens is 6. The SMILES string of the molecule is CC(C)NC(=O)[C@H](Cc1ccccc1)N(Cc1ccc(Cl)cc1Cl)C(=O)CN(c1cc(C(F)(F)F)ccc1Cl)S(C)(=O)=O. The number of anilines is 1. The Kier molecular flexibility index (Phi) is 11.4. The van der Waals surface area contributed by atoms with Crippen molar-refractivity contribution >= 4 is 62.3 Å². The number of nitrogens with one attached hydrogen (secondary N) is 1. The zero-order chi connectivity index (χ0) is 32.1. The van der Waals surface area contributed by atoms with Crippen LogP contribution in [0.3, 0.4) is 0 Å². The average Bonchev–Trinajstić information content (AvgIpc) is 2.89. The van der Waals surface area contributed by atoms with Crippen molar-refractivity contribution in [3.05, 3.63) is 98.5 Å². The maximum absolute atomic E-state index is 14.1. The van der Waals surface area contributed by atoms with Crippen molar-refractivity contribution in [1.29, 1.82) is 0 Å². The van der Waals surface area contributed by atoms with E-state index in [-0.39, 0.29) is 29.1 Å². The molecule has 1 atom stereocenters. The molecule has 0 aliphatic carbocycles. The zero-order valence-corrected chi connectivity index (χ0v) is 26.4. The van der Waals surface area contributed by atoms with Crippen LogP contribution in [0.15, 0.2) is 66.7 Å². The molecule has 0 unspecified atom stereocenters. The van der Waals surface area contributed by atoms with Crippen LogP contribution in [0.1, 0.15) is 30.5 Å². The number of hydrogen-bond donors (Lipinski definition) is 1. The predicted molar refractivity (Wildman–Crippen MR) is 163 cm³/mol. The number of carbonyl (C=O) groups excluding carboxylic acids is 2. The summed E-state index contributed by atoms with van der Waals surface area (Å²) >= 11 is 18.6. The first-order valence-corrected chi connectivity index (χ1v) is 15.9. The van der Waals surface area contributed by atoms with Crippen molar-refractivity contribution in [3.8, 4) is 0 Å². The second-order valence-corrected chi connectivity index (χ2v) is 13.2. The number of benzene rings is 3. The molecule has 43 heavy (non-hydrogen) atoms. The van der Waals surface area contributed by atoms with Crippen molar-refractivity contribution in [2.24, 2.45) is 0 Å². The topological polar surface area (TPSA) is 86.8 Å². The maximum atomic E-state index is 14.1. The van der Waals surface area contributed by atoms with E-state index in [4.69, 9.17) is 34.8 Å². The molecule has 2 amide bonds. The Balaban J connectivity index is 2.14. The first-order chi connectivity index (χ1) is 20.0. The Morgan fingerprint density at radius 3 is 2.14 bits per heavy atom. The predicted octanol–water partition coefficient (Wildman–Crippen LogP) is 6.60. The Morgan fingerprint density at radius 1 is 0.930 bits per heavy atom. The second kappa shape index (κ2) is 14.2. The molecule has 0 saturated carbocycles. The number of hydrogen-bond acceptors (Lipinski definition) is 4. The monoisotopic (exact) mass is 677 g/mol. The third kappa shape index (κ3) is 9.50. The van der Waals surface area contributed by atoms with Gasteiger partial charge in [-0.05, 0) is 55.3 Å². The fraction of sp³-hybridized carbons (Fsp3) is 0.310. The summed E-state index contributed by atoms with van der Waals surface area (Å²) in [7, 11) is -4.35. The van der Waals surface area contributed by atoms with Crippen molar-refractivity contribution in [2.45, 2.75) is 45.1 Å². The van der Waals surface area contributed by atoms with Gasteiger partial charge < -0.3 is 10.2 Å². The zero-order valence-electron chi connectivity index (χ0n) is 23.3. The third-order valence-corrected chi connectivity index (χ3v) is 8.31. The summed E-state index contributed by atoms with van der Waals surface area (Å²) in [6.45, 7) is 2.28. The van der Waals surface area contributed by atoms with E-state index in [9.17, 15) is 31.2 Å². The maximum Gasteiger partial charge on any atom is 0.416 e. The van der Waals surface area contributed by atoms with Gasteiger partial charge in [0.15, 0.2) is 0 Å². The van der Waals surface area contributed by atoms with Gasteiger partial charge in [-0.2, -0.15) is 13.2 Å². The fourth-order valence-electron chi connectivity index (χ4n) is 4.24. The molecule has 14 heteroatoms. The molecule has 0 aliphatic heterocycles. The summed E-state index contributed by atoms with van der Waals surface area (Å²) in [5.74, 6) is -1.41. The Bertz CT molecular complexity index is 1570. The molecule has 0 radical (unpaired) electrons. The number of nitrogens with zero attached hydrogens (tertiary/aromatic N) is 2. The van der Waals surface area contributed by atoms with E-state index >= 15 is 0 Å². The van der Waals surface area contributed by atoms with Gasteiger partial charge in [-0.1, -0.05) is 71.2 Å². The van der Waals surface area contributed by atoms with Gasteiger partial charge in [0.2, 0.25) is 21.8 Å². The molecule has 3 aromatic carbocycles. The average molecular weight is 679 g/mol. The first kappa shape index (κ1) is 34.5. The van der Waals surface area contributed by atoms with Gasteiger partial charge in [-0.3, -0.25) is 13.9 Å². The minimum atomic E-state index is -4.81. The van der Waals surface area contributed by atoms with Gasteiger partial charge in [0.25, 0.3) is 0 Å². The molecule has 0 aliphatic rings. The van der Waals surface area contributed by atoms with Gasteiger partial charge in [-0.15, -0.1) is 0 Å². The molecular weight excluding hydrogens is 650 g/mol. The van der Waals surface area contributed by atoms with Crippen molar-refractivity contribution in [3.63, 3.8) is 0 Å². The summed E-state index contributed by atoms with van der Waals surface area (Å²) in [6.07, 6.45) is -4.02. The standard InChI is InChI=1S/C29H29Cl3F3N3O4S/c1-18(2)36-28(40)26(13-19-7-5-4-6-8-19)37(16-20-9-11-22(30)15-24(20)32)27(39)17-38(43(3,41)42)25-14-21(29(33,34)35)10-12-23(25)31/h4-12,14-15,18,26H,13,16-17H2,1-3H3,(H,36,40)/t26-/m0/s1. The number of rotatable bonds is 11. The molecule has 0 aromatic heterocycles. The normalized spacial score (nSPS) is 12.6. The minimum Gasteiger partial charge on any atom is -0.352 e. The molecule has 0 heterocycles. The van der Waals surface area contributed by atoms with E-state index in [0.29, 0.717) is 32.6 Å². The lowest BCUT2D eigenvalue weighted by molar-refractivity contribution is -0.140. The highest BCUT2D eigenvalue weighted by molar-refractivity contribution is 7.92. The highest BCUT2D eigenvalue weighted by Gasteiger charge is 2.36. The van der Waals surface area contributed by atoms with Gasteiger partial charge in [0, 0.05) is 29.1 Å². The number of alkyl halides is 3. The van der Waals surface area contributed by atoms with Gasteiger partial charge in [-0.25, -0.2) is 8.42 Å². The van der Waals surface area contributed by atoms with Gasteiger partial charge >= 0.3 is 6.18 Å². The molecule has 1 N–H and O–H groups in total. The van der Waals surface area contributed by atoms with Crippen LogP contribution in [0.25, 0.3) is 0 Å². The minimum absolute atomic E-state index is 0.0412. The van der Waals surface area contributed by atoms with E-state index in [1.807, 2.05) is 0 Å². The van der Waals surface area contributed by atoms with Crippen LogP contribution in [0.2, 0.25) is 15.1 Å². The van der Waals surface area contributed by atoms with Crippen LogP contribution >= 0.6 is 34.8 Å². The molecule has 3 aromatic rings. The van der Waals surface area contributed by atoms with E-state index in [1.54, 1.807) is 50.2 Å². The van der Waals surface area contributed by atoms with E-state index in [0.717, 1.165) is 17.2 Å². The number of sulfonamides is 1. The molecule has 7 nitrogen and oxygen atoms in total. The molecule has 0 bridgehead atoms. The summed E-state index contributed by atoms with van der Waals surface area (Å²) in [5.41, 5.74) is -0.593.